The molecule has 0 unspecified atom stereocenters. The largest absolute Gasteiger partial charge is 0.466 e. The van der Waals surface area contributed by atoms with Crippen LogP contribution < -0.4 is 10.8 Å². The Hall–Kier alpha value is -1.90. The second kappa shape index (κ2) is 5.00. The van der Waals surface area contributed by atoms with Gasteiger partial charge in [0.25, 0.3) is 10.0 Å². The first-order valence-electron chi connectivity index (χ1n) is 5.44. The Balaban J connectivity index is 2.32. The van der Waals surface area contributed by atoms with Crippen molar-refractivity contribution >= 4 is 41.0 Å². The Morgan fingerprint density at radius 3 is 2.95 bits per heavy atom. The van der Waals surface area contributed by atoms with Crippen molar-refractivity contribution in [1.29, 1.82) is 0 Å². The summed E-state index contributed by atoms with van der Waals surface area (Å²) in [5.74, 6) is -0.491. The summed E-state index contributed by atoms with van der Waals surface area (Å²) in [6, 6.07) is 1.26. The van der Waals surface area contributed by atoms with Crippen molar-refractivity contribution in [2.75, 3.05) is 11.9 Å². The van der Waals surface area contributed by atoms with E-state index >= 15 is 0 Å². The van der Waals surface area contributed by atoms with E-state index in [9.17, 15) is 13.2 Å². The zero-order valence-electron chi connectivity index (χ0n) is 10.1. The molecule has 2 rings (SSSR count). The molecule has 0 bridgehead atoms. The molecule has 1 aromatic rings. The summed E-state index contributed by atoms with van der Waals surface area (Å²) in [6.07, 6.45) is 1.05. The maximum Gasteiger partial charge on any atom is 0.313 e. The molecule has 0 atom stereocenters. The van der Waals surface area contributed by atoms with Gasteiger partial charge >= 0.3 is 5.97 Å². The summed E-state index contributed by atoms with van der Waals surface area (Å²) in [5.41, 5.74) is 0.216. The van der Waals surface area contributed by atoms with Crippen molar-refractivity contribution in [1.82, 2.24) is 4.98 Å². The summed E-state index contributed by atoms with van der Waals surface area (Å²) in [4.78, 5) is 15.1. The molecule has 1 aromatic heterocycles. The number of fused-ring (bicyclic) bond motifs is 1. The number of esters is 1. The average Bonchev–Trinajstić information content (AvgIpc) is 2.30. The summed E-state index contributed by atoms with van der Waals surface area (Å²) in [7, 11) is 1.58. The van der Waals surface area contributed by atoms with E-state index in [1.165, 1.54) is 12.3 Å². The zero-order valence-corrected chi connectivity index (χ0v) is 10.9. The van der Waals surface area contributed by atoms with Crippen LogP contribution in [-0.4, -0.2) is 39.7 Å². The number of aromatic nitrogens is 1. The fraction of sp³-hybridized carbons (Fsp3) is 0.300. The number of anilines is 1. The smallest absolute Gasteiger partial charge is 0.313 e. The Morgan fingerprint density at radius 1 is 1.53 bits per heavy atom. The fourth-order valence-electron chi connectivity index (χ4n) is 1.53. The maximum atomic E-state index is 11.9. The van der Waals surface area contributed by atoms with Gasteiger partial charge in [0.1, 0.15) is 25.0 Å². The van der Waals surface area contributed by atoms with Crippen molar-refractivity contribution < 1.29 is 17.9 Å². The van der Waals surface area contributed by atoms with Crippen molar-refractivity contribution in [2.45, 2.75) is 18.2 Å². The van der Waals surface area contributed by atoms with Crippen LogP contribution in [0.25, 0.3) is 0 Å². The van der Waals surface area contributed by atoms with Crippen LogP contribution in [0, 0.1) is 0 Å². The van der Waals surface area contributed by atoms with Gasteiger partial charge in [-0.3, -0.25) is 4.79 Å². The normalized spacial score (nSPS) is 15.9. The van der Waals surface area contributed by atoms with E-state index in [-0.39, 0.29) is 35.0 Å². The molecule has 1 aliphatic heterocycles. The zero-order chi connectivity index (χ0) is 14.0. The van der Waals surface area contributed by atoms with Crippen LogP contribution in [0.5, 0.6) is 0 Å². The van der Waals surface area contributed by atoms with Gasteiger partial charge in [0.05, 0.1) is 6.61 Å². The number of amidine groups is 1. The van der Waals surface area contributed by atoms with Crippen LogP contribution in [0.3, 0.4) is 0 Å². The number of carbonyl (C=O) groups excluding carboxylic acids is 1. The molecule has 0 fully saturated rings. The number of ether oxygens (including phenoxy) is 1. The van der Waals surface area contributed by atoms with E-state index in [0.717, 1.165) is 0 Å². The number of nitrogens with one attached hydrogen (secondary N) is 1. The van der Waals surface area contributed by atoms with Crippen molar-refractivity contribution in [2.24, 2.45) is 4.40 Å². The van der Waals surface area contributed by atoms with E-state index in [1.807, 2.05) is 0 Å². The molecular weight excluding hydrogens is 269 g/mol. The lowest BCUT2D eigenvalue weighted by atomic mass is 9.99. The molecule has 2 heterocycles. The Bertz CT molecular complexity index is 657. The number of carbonyl (C=O) groups is 1. The molecule has 0 aliphatic carbocycles. The molecule has 0 spiro atoms. The monoisotopic (exact) mass is 279 g/mol. The van der Waals surface area contributed by atoms with Gasteiger partial charge < -0.3 is 10.1 Å². The number of sulfonamides is 1. The maximum absolute atomic E-state index is 11.9. The third kappa shape index (κ3) is 2.92. The lowest BCUT2D eigenvalue weighted by Gasteiger charge is -2.17. The van der Waals surface area contributed by atoms with Crippen molar-refractivity contribution in [3.8, 4) is 0 Å². The van der Waals surface area contributed by atoms with Crippen LogP contribution in [0.4, 0.5) is 5.82 Å². The van der Waals surface area contributed by atoms with Gasteiger partial charge in [-0.15, -0.1) is 4.40 Å². The minimum absolute atomic E-state index is 0.0248. The summed E-state index contributed by atoms with van der Waals surface area (Å²) in [5, 5.41) is 2.67. The molecule has 7 nitrogen and oxygen atoms in total. The molecule has 9 heteroatoms. The molecule has 2 radical (unpaired) electrons. The van der Waals surface area contributed by atoms with Crippen molar-refractivity contribution in [3.05, 3.63) is 12.3 Å². The minimum atomic E-state index is -3.90. The van der Waals surface area contributed by atoms with Gasteiger partial charge in [-0.05, 0) is 13.0 Å². The van der Waals surface area contributed by atoms with E-state index < -0.39 is 16.0 Å². The Labute approximate surface area is 111 Å². The van der Waals surface area contributed by atoms with E-state index in [2.05, 4.69) is 14.7 Å². The Kier molecular flexibility index (Phi) is 3.56. The second-order valence-electron chi connectivity index (χ2n) is 3.74. The third-order valence-corrected chi connectivity index (χ3v) is 3.59. The van der Waals surface area contributed by atoms with Gasteiger partial charge in [0, 0.05) is 6.20 Å². The predicted molar refractivity (Wildman–Crippen MR) is 69.1 cm³/mol. The van der Waals surface area contributed by atoms with Crippen LogP contribution in [0.15, 0.2) is 21.6 Å². The number of hydrogen-bond donors (Lipinski definition) is 1. The highest BCUT2D eigenvalue weighted by atomic mass is 32.2. The highest BCUT2D eigenvalue weighted by Crippen LogP contribution is 2.24. The number of rotatable bonds is 3. The first-order chi connectivity index (χ1) is 8.92. The topological polar surface area (TPSA) is 97.7 Å². The second-order valence-corrected chi connectivity index (χ2v) is 5.31. The first-order valence-corrected chi connectivity index (χ1v) is 6.88. The SMILES string of the molecule is [B]c1cnc2c(c1)S(=O)(=O)N=C(CC(=O)OCC)N2. The summed E-state index contributed by atoms with van der Waals surface area (Å²) < 4.78 is 32.0. The lowest BCUT2D eigenvalue weighted by Crippen LogP contribution is -2.26. The first kappa shape index (κ1) is 13.5. The number of pyridine rings is 1. The quantitative estimate of drug-likeness (QED) is 0.582. The lowest BCUT2D eigenvalue weighted by molar-refractivity contribution is -0.141. The van der Waals surface area contributed by atoms with Crippen LogP contribution in [-0.2, 0) is 19.6 Å². The third-order valence-electron chi connectivity index (χ3n) is 2.26. The molecule has 1 N–H and O–H groups in total. The van der Waals surface area contributed by atoms with E-state index in [1.54, 1.807) is 6.92 Å². The number of hydrogen-bond acceptors (Lipinski definition) is 6. The molecular formula is C10H10BN3O4S. The fourth-order valence-corrected chi connectivity index (χ4v) is 2.66. The van der Waals surface area contributed by atoms with Gasteiger partial charge in [-0.1, -0.05) is 5.46 Å². The van der Waals surface area contributed by atoms with Gasteiger partial charge in [0.2, 0.25) is 0 Å². The number of nitrogens with zero attached hydrogens (tertiary/aromatic N) is 2. The highest BCUT2D eigenvalue weighted by molar-refractivity contribution is 7.90. The van der Waals surface area contributed by atoms with Crippen molar-refractivity contribution in [3.63, 3.8) is 0 Å². The molecule has 19 heavy (non-hydrogen) atoms. The molecule has 0 saturated carbocycles. The predicted octanol–water partition coefficient (Wildman–Crippen LogP) is -0.659. The minimum Gasteiger partial charge on any atom is -0.466 e. The van der Waals surface area contributed by atoms with E-state index in [0.29, 0.717) is 0 Å². The van der Waals surface area contributed by atoms with Gasteiger partial charge in [-0.2, -0.15) is 8.42 Å². The molecule has 0 saturated heterocycles. The molecule has 0 amide bonds. The van der Waals surface area contributed by atoms with Crippen LogP contribution in [0.2, 0.25) is 0 Å². The Morgan fingerprint density at radius 2 is 2.26 bits per heavy atom. The van der Waals surface area contributed by atoms with Gasteiger partial charge in [0.15, 0.2) is 5.82 Å². The van der Waals surface area contributed by atoms with Crippen LogP contribution >= 0.6 is 0 Å². The summed E-state index contributed by atoms with van der Waals surface area (Å²) >= 11 is 0. The summed E-state index contributed by atoms with van der Waals surface area (Å²) in [6.45, 7) is 1.87. The molecule has 98 valence electrons. The van der Waals surface area contributed by atoms with Crippen LogP contribution in [0.1, 0.15) is 13.3 Å². The standard InChI is InChI=1S/C10H10BN3O4S/c1-2-18-9(15)4-8-13-10-7(19(16,17)14-8)3-6(11)5-12-10/h3,5H,2,4H2,1H3,(H,12,13,14). The average molecular weight is 279 g/mol. The highest BCUT2D eigenvalue weighted by Gasteiger charge is 2.27. The molecule has 1 aliphatic rings. The molecule has 0 aromatic carbocycles. The van der Waals surface area contributed by atoms with E-state index in [4.69, 9.17) is 12.6 Å². The van der Waals surface area contributed by atoms with Gasteiger partial charge in [-0.25, -0.2) is 4.98 Å².